The van der Waals surface area contributed by atoms with E-state index >= 15 is 0 Å². The predicted octanol–water partition coefficient (Wildman–Crippen LogP) is 1.88. The SMILES string of the molecule is COc1ccccc1NC(=O)C(=O)NN=C(C)CC(=O)Nc1ccc2c(c1)OCO2. The van der Waals surface area contributed by atoms with Crippen LogP contribution >= 0.6 is 0 Å². The van der Waals surface area contributed by atoms with Crippen LogP contribution in [0.2, 0.25) is 0 Å². The number of hydrogen-bond donors (Lipinski definition) is 3. The van der Waals surface area contributed by atoms with Crippen molar-refractivity contribution in [1.82, 2.24) is 5.43 Å². The highest BCUT2D eigenvalue weighted by Crippen LogP contribution is 2.34. The summed E-state index contributed by atoms with van der Waals surface area (Å²) < 4.78 is 15.6. The number of carbonyl (C=O) groups is 3. The Bertz CT molecular complexity index is 1000. The van der Waals surface area contributed by atoms with Gasteiger partial charge in [0.2, 0.25) is 12.7 Å². The number of rotatable bonds is 6. The number of hydrazone groups is 1. The molecule has 156 valence electrons. The summed E-state index contributed by atoms with van der Waals surface area (Å²) in [6, 6.07) is 11.7. The first-order valence-corrected chi connectivity index (χ1v) is 8.93. The van der Waals surface area contributed by atoms with E-state index in [9.17, 15) is 14.4 Å². The molecule has 30 heavy (non-hydrogen) atoms. The average Bonchev–Trinajstić information content (AvgIpc) is 3.20. The summed E-state index contributed by atoms with van der Waals surface area (Å²) in [5.41, 5.74) is 3.32. The molecule has 0 radical (unpaired) electrons. The van der Waals surface area contributed by atoms with Crippen LogP contribution in [0.4, 0.5) is 11.4 Å². The van der Waals surface area contributed by atoms with Gasteiger partial charge in [-0.15, -0.1) is 0 Å². The van der Waals surface area contributed by atoms with E-state index in [1.54, 1.807) is 49.4 Å². The van der Waals surface area contributed by atoms with Crippen LogP contribution in [0.5, 0.6) is 17.2 Å². The molecule has 10 nitrogen and oxygen atoms in total. The molecule has 0 atom stereocenters. The molecule has 3 rings (SSSR count). The summed E-state index contributed by atoms with van der Waals surface area (Å²) in [5.74, 6) is -0.662. The predicted molar refractivity (Wildman–Crippen MR) is 109 cm³/mol. The van der Waals surface area contributed by atoms with Crippen LogP contribution in [0.15, 0.2) is 47.6 Å². The molecular formula is C20H20N4O6. The molecule has 0 aliphatic carbocycles. The lowest BCUT2D eigenvalue weighted by Crippen LogP contribution is -2.33. The number of amides is 3. The molecule has 1 aliphatic rings. The van der Waals surface area contributed by atoms with Crippen LogP contribution in [-0.2, 0) is 14.4 Å². The largest absolute Gasteiger partial charge is 0.495 e. The molecule has 0 saturated carbocycles. The van der Waals surface area contributed by atoms with E-state index in [1.165, 1.54) is 7.11 Å². The second kappa shape index (κ2) is 9.41. The highest BCUT2D eigenvalue weighted by molar-refractivity contribution is 6.39. The van der Waals surface area contributed by atoms with E-state index in [1.807, 2.05) is 0 Å². The molecule has 3 amide bonds. The Morgan fingerprint density at radius 1 is 1.03 bits per heavy atom. The van der Waals surface area contributed by atoms with Crippen molar-refractivity contribution in [2.24, 2.45) is 5.10 Å². The van der Waals surface area contributed by atoms with Gasteiger partial charge in [0, 0.05) is 17.5 Å². The lowest BCUT2D eigenvalue weighted by molar-refractivity contribution is -0.136. The Morgan fingerprint density at radius 2 is 1.80 bits per heavy atom. The first kappa shape index (κ1) is 20.6. The number of nitrogens with zero attached hydrogens (tertiary/aromatic N) is 1. The van der Waals surface area contributed by atoms with Gasteiger partial charge in [0.25, 0.3) is 0 Å². The Kier molecular flexibility index (Phi) is 6.48. The minimum absolute atomic E-state index is 0.0805. The monoisotopic (exact) mass is 412 g/mol. The average molecular weight is 412 g/mol. The third kappa shape index (κ3) is 5.25. The van der Waals surface area contributed by atoms with Crippen LogP contribution in [0.3, 0.4) is 0 Å². The van der Waals surface area contributed by atoms with Crippen LogP contribution in [0.25, 0.3) is 0 Å². The van der Waals surface area contributed by atoms with Crippen molar-refractivity contribution in [3.63, 3.8) is 0 Å². The van der Waals surface area contributed by atoms with Gasteiger partial charge in [0.05, 0.1) is 19.2 Å². The zero-order chi connectivity index (χ0) is 21.5. The highest BCUT2D eigenvalue weighted by Gasteiger charge is 2.16. The third-order valence-electron chi connectivity index (χ3n) is 3.98. The van der Waals surface area contributed by atoms with Crippen LogP contribution in [0.1, 0.15) is 13.3 Å². The van der Waals surface area contributed by atoms with Crippen molar-refractivity contribution in [2.45, 2.75) is 13.3 Å². The maximum Gasteiger partial charge on any atom is 0.329 e. The van der Waals surface area contributed by atoms with E-state index in [-0.39, 0.29) is 19.1 Å². The quantitative estimate of drug-likeness (QED) is 0.378. The number of anilines is 2. The summed E-state index contributed by atoms with van der Waals surface area (Å²) in [7, 11) is 1.45. The first-order valence-electron chi connectivity index (χ1n) is 8.93. The number of nitrogens with one attached hydrogen (secondary N) is 3. The van der Waals surface area contributed by atoms with Gasteiger partial charge in [0.1, 0.15) is 5.75 Å². The summed E-state index contributed by atoms with van der Waals surface area (Å²) in [4.78, 5) is 36.1. The highest BCUT2D eigenvalue weighted by atomic mass is 16.7. The van der Waals surface area contributed by atoms with Crippen molar-refractivity contribution in [3.8, 4) is 17.2 Å². The fourth-order valence-electron chi connectivity index (χ4n) is 2.58. The molecule has 1 heterocycles. The topological polar surface area (TPSA) is 127 Å². The summed E-state index contributed by atoms with van der Waals surface area (Å²) >= 11 is 0. The van der Waals surface area contributed by atoms with Gasteiger partial charge >= 0.3 is 11.8 Å². The fraction of sp³-hybridized carbons (Fsp3) is 0.200. The van der Waals surface area contributed by atoms with Crippen molar-refractivity contribution >= 4 is 34.8 Å². The maximum atomic E-state index is 12.1. The molecular weight excluding hydrogens is 392 g/mol. The van der Waals surface area contributed by atoms with Crippen LogP contribution in [-0.4, -0.2) is 37.3 Å². The lowest BCUT2D eigenvalue weighted by Gasteiger charge is -2.09. The number of ether oxygens (including phenoxy) is 3. The Morgan fingerprint density at radius 3 is 2.60 bits per heavy atom. The third-order valence-corrected chi connectivity index (χ3v) is 3.98. The standard InChI is InChI=1S/C20H20N4O6/c1-12(9-18(25)21-13-7-8-16-17(10-13)30-11-29-16)23-24-20(27)19(26)22-14-5-3-4-6-15(14)28-2/h3-8,10H,9,11H2,1-2H3,(H,21,25)(H,22,26)(H,24,27). The lowest BCUT2D eigenvalue weighted by atomic mass is 10.2. The first-order chi connectivity index (χ1) is 14.5. The molecule has 0 unspecified atom stereocenters. The summed E-state index contributed by atoms with van der Waals surface area (Å²) in [6.45, 7) is 1.69. The van der Waals surface area contributed by atoms with Crippen molar-refractivity contribution in [1.29, 1.82) is 0 Å². The van der Waals surface area contributed by atoms with Gasteiger partial charge in [-0.25, -0.2) is 5.43 Å². The molecule has 0 saturated heterocycles. The molecule has 0 spiro atoms. The van der Waals surface area contributed by atoms with Gasteiger partial charge in [-0.2, -0.15) is 5.10 Å². The van der Waals surface area contributed by atoms with Gasteiger partial charge in [-0.1, -0.05) is 12.1 Å². The smallest absolute Gasteiger partial charge is 0.329 e. The Hall–Kier alpha value is -4.08. The normalized spacial score (nSPS) is 12.1. The molecule has 0 bridgehead atoms. The number of carbonyl (C=O) groups excluding carboxylic acids is 3. The van der Waals surface area contributed by atoms with Gasteiger partial charge < -0.3 is 24.8 Å². The Labute approximate surface area is 172 Å². The minimum atomic E-state index is -0.976. The van der Waals surface area contributed by atoms with E-state index in [2.05, 4.69) is 21.2 Å². The van der Waals surface area contributed by atoms with Gasteiger partial charge in [-0.05, 0) is 31.2 Å². The molecule has 1 aliphatic heterocycles. The van der Waals surface area contributed by atoms with Crippen molar-refractivity contribution in [3.05, 3.63) is 42.5 Å². The summed E-state index contributed by atoms with van der Waals surface area (Å²) in [5, 5.41) is 8.92. The summed E-state index contributed by atoms with van der Waals surface area (Å²) in [6.07, 6.45) is -0.0805. The molecule has 0 aromatic heterocycles. The van der Waals surface area contributed by atoms with Crippen molar-refractivity contribution < 1.29 is 28.6 Å². The van der Waals surface area contributed by atoms with Crippen molar-refractivity contribution in [2.75, 3.05) is 24.5 Å². The van der Waals surface area contributed by atoms with Gasteiger partial charge in [-0.3, -0.25) is 14.4 Å². The molecule has 2 aromatic rings. The van der Waals surface area contributed by atoms with E-state index in [4.69, 9.17) is 14.2 Å². The number of para-hydroxylation sites is 2. The minimum Gasteiger partial charge on any atom is -0.495 e. The number of fused-ring (bicyclic) bond motifs is 1. The Balaban J connectivity index is 1.49. The van der Waals surface area contributed by atoms with E-state index < -0.39 is 11.8 Å². The fourth-order valence-corrected chi connectivity index (χ4v) is 2.58. The van der Waals surface area contributed by atoms with Crippen LogP contribution in [0, 0.1) is 0 Å². The zero-order valence-electron chi connectivity index (χ0n) is 16.4. The maximum absolute atomic E-state index is 12.1. The van der Waals surface area contributed by atoms with Crippen LogP contribution < -0.4 is 30.3 Å². The second-order valence-electron chi connectivity index (χ2n) is 6.24. The van der Waals surface area contributed by atoms with E-state index in [0.717, 1.165) is 0 Å². The second-order valence-corrected chi connectivity index (χ2v) is 6.24. The molecule has 0 fully saturated rings. The van der Waals surface area contributed by atoms with E-state index in [0.29, 0.717) is 34.3 Å². The van der Waals surface area contributed by atoms with Gasteiger partial charge in [0.15, 0.2) is 11.5 Å². The molecule has 2 aromatic carbocycles. The molecule has 3 N–H and O–H groups in total. The molecule has 10 heteroatoms. The number of methoxy groups -OCH3 is 1. The number of hydrogen-bond acceptors (Lipinski definition) is 7. The number of benzene rings is 2. The zero-order valence-corrected chi connectivity index (χ0v) is 16.4.